The van der Waals surface area contributed by atoms with Gasteiger partial charge >= 0.3 is 0 Å². The van der Waals surface area contributed by atoms with E-state index in [1.165, 1.54) is 0 Å². The Kier molecular flexibility index (Phi) is 12.1. The minimum absolute atomic E-state index is 0.349. The molecule has 0 radical (unpaired) electrons. The molecular formula is C44H50N14O4. The highest BCUT2D eigenvalue weighted by Gasteiger charge is 2.28. The summed E-state index contributed by atoms with van der Waals surface area (Å²) in [6, 6.07) is 11.1. The zero-order valence-corrected chi connectivity index (χ0v) is 36.3. The number of hydrogen-bond donors (Lipinski definition) is 6. The van der Waals surface area contributed by atoms with Gasteiger partial charge in [-0.25, -0.2) is 49.8 Å². The molecule has 0 aromatic carbocycles. The van der Waals surface area contributed by atoms with Crippen LogP contribution in [0.25, 0.3) is 44.8 Å². The van der Waals surface area contributed by atoms with Crippen molar-refractivity contribution in [2.75, 3.05) is 24.9 Å². The van der Waals surface area contributed by atoms with Crippen molar-refractivity contribution in [3.05, 3.63) is 96.6 Å². The number of aromatic amines is 2. The predicted molar refractivity (Wildman–Crippen MR) is 236 cm³/mol. The Morgan fingerprint density at radius 2 is 0.952 bits per heavy atom. The van der Waals surface area contributed by atoms with E-state index in [1.54, 1.807) is 63.8 Å². The number of anilines is 4. The molecule has 0 aliphatic carbocycles. The monoisotopic (exact) mass is 838 g/mol. The highest BCUT2D eigenvalue weighted by Crippen LogP contribution is 2.39. The average molecular weight is 839 g/mol. The van der Waals surface area contributed by atoms with Crippen LogP contribution in [0.15, 0.2) is 73.8 Å². The maximum atomic E-state index is 10.9. The summed E-state index contributed by atoms with van der Waals surface area (Å²) in [5, 5.41) is 28.3. The van der Waals surface area contributed by atoms with E-state index in [0.717, 1.165) is 22.5 Å². The fourth-order valence-electron chi connectivity index (χ4n) is 6.52. The molecule has 0 aliphatic rings. The molecule has 0 spiro atoms. The van der Waals surface area contributed by atoms with Crippen LogP contribution in [-0.4, -0.2) is 84.2 Å². The first kappa shape index (κ1) is 42.9. The van der Waals surface area contributed by atoms with E-state index >= 15 is 0 Å². The Balaban J connectivity index is 0.000000186. The number of imidazole rings is 2. The first-order chi connectivity index (χ1) is 29.5. The van der Waals surface area contributed by atoms with Crippen LogP contribution < -0.4 is 20.1 Å². The molecule has 8 heterocycles. The normalized spacial score (nSPS) is 12.7. The third kappa shape index (κ3) is 9.40. The minimum atomic E-state index is -0.698. The van der Waals surface area contributed by atoms with Crippen LogP contribution in [0.2, 0.25) is 0 Å². The van der Waals surface area contributed by atoms with Gasteiger partial charge in [0.25, 0.3) is 0 Å². The summed E-state index contributed by atoms with van der Waals surface area (Å²) in [5.74, 6) is 3.37. The summed E-state index contributed by atoms with van der Waals surface area (Å²) >= 11 is 0. The molecule has 320 valence electrons. The first-order valence-corrected chi connectivity index (χ1v) is 19.8. The molecule has 0 bridgehead atoms. The van der Waals surface area contributed by atoms with Gasteiger partial charge in [-0.15, -0.1) is 0 Å². The van der Waals surface area contributed by atoms with E-state index in [0.29, 0.717) is 79.9 Å². The van der Waals surface area contributed by atoms with Crippen molar-refractivity contribution in [1.82, 2.24) is 59.8 Å². The van der Waals surface area contributed by atoms with Gasteiger partial charge in [0.2, 0.25) is 11.8 Å². The summed E-state index contributed by atoms with van der Waals surface area (Å²) in [4.78, 5) is 50.6. The van der Waals surface area contributed by atoms with Crippen LogP contribution in [0.5, 0.6) is 11.8 Å². The number of ether oxygens (including phenoxy) is 2. The van der Waals surface area contributed by atoms with E-state index in [4.69, 9.17) is 9.47 Å². The smallest absolute Gasteiger partial charge is 0.213 e. The summed E-state index contributed by atoms with van der Waals surface area (Å²) in [6.45, 7) is 15.5. The van der Waals surface area contributed by atoms with Crippen molar-refractivity contribution < 1.29 is 19.7 Å². The van der Waals surface area contributed by atoms with Gasteiger partial charge in [0.05, 0.1) is 62.9 Å². The standard InChI is InChI=1S/2C22H25N7O2/c2*1-12-27-17(18-21(28-12)26-11-25-18)15-8-13(19(30)22(2,3)4)9-24-20(15)29-14-6-7-16(31-5)23-10-14/h2*6-11,19,30H,1-5H3,(H,24,29)(H,25,26,27,28)/t2*19-/m10/s1. The second kappa shape index (κ2) is 17.4. The highest BCUT2D eigenvalue weighted by molar-refractivity contribution is 5.93. The predicted octanol–water partition coefficient (Wildman–Crippen LogP) is 7.90. The second-order valence-electron chi connectivity index (χ2n) is 16.7. The van der Waals surface area contributed by atoms with Gasteiger partial charge in [0.15, 0.2) is 11.3 Å². The minimum Gasteiger partial charge on any atom is -0.481 e. The van der Waals surface area contributed by atoms with Crippen LogP contribution in [0.4, 0.5) is 23.0 Å². The van der Waals surface area contributed by atoms with Gasteiger partial charge in [-0.1, -0.05) is 41.5 Å². The number of rotatable bonds is 10. The Bertz CT molecular complexity index is 2620. The van der Waals surface area contributed by atoms with Gasteiger partial charge in [-0.05, 0) is 48.9 Å². The maximum absolute atomic E-state index is 10.9. The topological polar surface area (TPSA) is 243 Å². The van der Waals surface area contributed by atoms with Crippen molar-refractivity contribution >= 4 is 45.3 Å². The molecule has 8 rings (SSSR count). The molecule has 18 nitrogen and oxygen atoms in total. The van der Waals surface area contributed by atoms with Crippen LogP contribution in [0.3, 0.4) is 0 Å². The lowest BCUT2D eigenvalue weighted by Crippen LogP contribution is -2.18. The molecule has 0 saturated carbocycles. The van der Waals surface area contributed by atoms with Gasteiger partial charge in [0.1, 0.15) is 45.7 Å². The molecule has 0 saturated heterocycles. The molecule has 6 N–H and O–H groups in total. The Hall–Kier alpha value is -7.18. The zero-order valence-electron chi connectivity index (χ0n) is 36.3. The number of methoxy groups -OCH3 is 2. The summed E-state index contributed by atoms with van der Waals surface area (Å²) in [6.07, 6.45) is 8.46. The lowest BCUT2D eigenvalue weighted by molar-refractivity contribution is 0.0624. The molecule has 0 aliphatic heterocycles. The van der Waals surface area contributed by atoms with Gasteiger partial charge < -0.3 is 40.3 Å². The van der Waals surface area contributed by atoms with E-state index in [9.17, 15) is 10.2 Å². The quantitative estimate of drug-likeness (QED) is 0.0766. The average Bonchev–Trinajstić information content (AvgIpc) is 3.93. The van der Waals surface area contributed by atoms with Gasteiger partial charge in [-0.3, -0.25) is 0 Å². The molecule has 8 aromatic rings. The molecule has 0 amide bonds. The third-order valence-corrected chi connectivity index (χ3v) is 9.81. The number of H-pyrrole nitrogens is 2. The van der Waals surface area contributed by atoms with Crippen LogP contribution in [0, 0.1) is 24.7 Å². The Labute approximate surface area is 358 Å². The largest absolute Gasteiger partial charge is 0.481 e. The molecule has 2 atom stereocenters. The maximum Gasteiger partial charge on any atom is 0.213 e. The number of nitrogens with zero attached hydrogens (tertiary/aromatic N) is 10. The molecule has 0 unspecified atom stereocenters. The fourth-order valence-corrected chi connectivity index (χ4v) is 6.52. The van der Waals surface area contributed by atoms with E-state index in [-0.39, 0.29) is 10.8 Å². The van der Waals surface area contributed by atoms with Crippen molar-refractivity contribution in [3.8, 4) is 34.3 Å². The second-order valence-corrected chi connectivity index (χ2v) is 16.7. The molecule has 0 fully saturated rings. The first-order valence-electron chi connectivity index (χ1n) is 19.8. The van der Waals surface area contributed by atoms with Crippen LogP contribution >= 0.6 is 0 Å². The Morgan fingerprint density at radius 1 is 0.548 bits per heavy atom. The molecule has 8 aromatic heterocycles. The van der Waals surface area contributed by atoms with Gasteiger partial charge in [0, 0.05) is 46.8 Å². The van der Waals surface area contributed by atoms with Crippen LogP contribution in [-0.2, 0) is 0 Å². The van der Waals surface area contributed by atoms with E-state index < -0.39 is 12.2 Å². The van der Waals surface area contributed by atoms with Crippen LogP contribution in [0.1, 0.15) is 76.5 Å². The highest BCUT2D eigenvalue weighted by atomic mass is 16.5. The van der Waals surface area contributed by atoms with E-state index in [1.807, 2.05) is 79.7 Å². The SMILES string of the molecule is COc1ccc(Nc2ncc([C@@H](O)C(C)(C)C)cc2-c2nc(C)nc3nc[nH]c23)cn1.COc1ccc(Nc2ncc([C@H](O)C(C)(C)C)cc2-c2nc(C)nc3nc[nH]c23)cn1. The molecule has 18 heteroatoms. The number of aromatic nitrogens is 12. The number of aliphatic hydroxyl groups is 2. The zero-order chi connectivity index (χ0) is 44.3. The Morgan fingerprint density at radius 3 is 1.29 bits per heavy atom. The number of hydrogen-bond acceptors (Lipinski definition) is 16. The van der Waals surface area contributed by atoms with Crippen molar-refractivity contribution in [2.24, 2.45) is 10.8 Å². The lowest BCUT2D eigenvalue weighted by Gasteiger charge is -2.26. The third-order valence-electron chi connectivity index (χ3n) is 9.81. The van der Waals surface area contributed by atoms with Crippen molar-refractivity contribution in [3.63, 3.8) is 0 Å². The molecular weight excluding hydrogens is 789 g/mol. The number of nitrogens with one attached hydrogen (secondary N) is 4. The van der Waals surface area contributed by atoms with Crippen molar-refractivity contribution in [2.45, 2.75) is 67.6 Å². The fraction of sp³-hybridized carbons (Fsp3) is 0.318. The summed E-state index contributed by atoms with van der Waals surface area (Å²) in [5.41, 5.74) is 7.47. The molecule has 62 heavy (non-hydrogen) atoms. The van der Waals surface area contributed by atoms with Gasteiger partial charge in [-0.2, -0.15) is 0 Å². The van der Waals surface area contributed by atoms with Crippen molar-refractivity contribution in [1.29, 1.82) is 0 Å². The number of aliphatic hydroxyl groups excluding tert-OH is 2. The number of pyridine rings is 4. The van der Waals surface area contributed by atoms with E-state index in [2.05, 4.69) is 70.4 Å². The number of aryl methyl sites for hydroxylation is 2. The lowest BCUT2D eigenvalue weighted by atomic mass is 9.85. The summed E-state index contributed by atoms with van der Waals surface area (Å²) in [7, 11) is 3.14. The number of fused-ring (bicyclic) bond motifs is 2. The summed E-state index contributed by atoms with van der Waals surface area (Å²) < 4.78 is 10.3.